The number of unbranched alkanes of at least 4 members (excludes halogenated alkanes) is 2. The highest BCUT2D eigenvalue weighted by Crippen LogP contribution is 2.51. The van der Waals surface area contributed by atoms with Gasteiger partial charge in [0, 0.05) is 59.8 Å². The van der Waals surface area contributed by atoms with Gasteiger partial charge in [-0.3, -0.25) is 24.5 Å². The van der Waals surface area contributed by atoms with Crippen molar-refractivity contribution in [1.82, 2.24) is 20.9 Å². The van der Waals surface area contributed by atoms with Crippen molar-refractivity contribution in [3.63, 3.8) is 0 Å². The van der Waals surface area contributed by atoms with Crippen LogP contribution < -0.4 is 25.4 Å². The summed E-state index contributed by atoms with van der Waals surface area (Å²) in [5.41, 5.74) is 0.935. The van der Waals surface area contributed by atoms with Gasteiger partial charge in [-0.2, -0.15) is 0 Å². The molecule has 5 amide bonds. The third-order valence-corrected chi connectivity index (χ3v) is 11.5. The fourth-order valence-corrected chi connectivity index (χ4v) is 8.50. The molecule has 61 heavy (non-hydrogen) atoms. The fourth-order valence-electron chi connectivity index (χ4n) is 8.24. The Morgan fingerprint density at radius 3 is 2.48 bits per heavy atom. The molecule has 2 atom stereocenters. The van der Waals surface area contributed by atoms with Crippen LogP contribution in [-0.4, -0.2) is 66.5 Å². The Hall–Kier alpha value is -6.02. The van der Waals surface area contributed by atoms with Gasteiger partial charge in [0.15, 0.2) is 17.2 Å². The van der Waals surface area contributed by atoms with E-state index in [0.717, 1.165) is 23.6 Å². The summed E-state index contributed by atoms with van der Waals surface area (Å²) in [6.07, 6.45) is 2.42. The van der Waals surface area contributed by atoms with E-state index < -0.39 is 51.7 Å². The number of amides is 5. The van der Waals surface area contributed by atoms with Gasteiger partial charge >= 0.3 is 6.09 Å². The van der Waals surface area contributed by atoms with Crippen LogP contribution in [0.15, 0.2) is 66.7 Å². The third-order valence-electron chi connectivity index (χ3n) is 11.2. The van der Waals surface area contributed by atoms with Crippen molar-refractivity contribution in [3.05, 3.63) is 117 Å². The number of piperidine rings is 1. The smallest absolute Gasteiger partial charge is 0.407 e. The zero-order chi connectivity index (χ0) is 43.6. The van der Waals surface area contributed by atoms with Gasteiger partial charge in [0.25, 0.3) is 11.8 Å². The van der Waals surface area contributed by atoms with Crippen molar-refractivity contribution in [2.24, 2.45) is 0 Å². The number of alkyl carbamates (subject to hydrolysis) is 1. The number of fused-ring (bicyclic) bond motifs is 2. The largest absolute Gasteiger partial charge is 0.494 e. The van der Waals surface area contributed by atoms with Crippen molar-refractivity contribution in [1.29, 1.82) is 0 Å². The first kappa shape index (κ1) is 43.1. The molecule has 0 radical (unpaired) electrons. The number of hydrogen-bond acceptors (Lipinski definition) is 8. The van der Waals surface area contributed by atoms with Crippen molar-refractivity contribution in [2.45, 2.75) is 89.4 Å². The zero-order valence-corrected chi connectivity index (χ0v) is 35.1. The molecule has 0 bridgehead atoms. The van der Waals surface area contributed by atoms with Gasteiger partial charge in [-0.1, -0.05) is 60.5 Å². The van der Waals surface area contributed by atoms with Crippen LogP contribution in [0, 0.1) is 11.6 Å². The molecular weight excluding hydrogens is 810 g/mol. The van der Waals surface area contributed by atoms with E-state index in [9.17, 15) is 24.0 Å². The molecule has 0 spiro atoms. The molecule has 4 aromatic rings. The highest BCUT2D eigenvalue weighted by molar-refractivity contribution is 6.34. The second-order valence-corrected chi connectivity index (χ2v) is 16.9. The number of carbonyl (C=O) groups is 5. The Labute approximate surface area is 357 Å². The SMILES string of the molecule is COc1ccc(C(=O)NCCCCCc2cccc3c2CN(C2CCC(=O)NC2=O)C3=O)c(-c2c(Cl)c(F)cc3c2CC(COC(=O)NC(C)(C)C)(c2ccccc2)O3)c1F. The number of nitrogens with zero attached hydrogens (tertiary/aromatic N) is 1. The normalized spacial score (nSPS) is 18.2. The molecule has 0 saturated carbocycles. The summed E-state index contributed by atoms with van der Waals surface area (Å²) in [5.74, 6) is -3.62. The molecule has 15 heteroatoms. The first-order valence-electron chi connectivity index (χ1n) is 20.2. The number of nitrogens with one attached hydrogen (secondary N) is 3. The summed E-state index contributed by atoms with van der Waals surface area (Å²) >= 11 is 6.69. The Kier molecular flexibility index (Phi) is 12.4. The molecule has 0 aliphatic carbocycles. The first-order chi connectivity index (χ1) is 29.1. The number of rotatable bonds is 13. The average Bonchev–Trinajstić information content (AvgIpc) is 3.76. The predicted molar refractivity (Wildman–Crippen MR) is 222 cm³/mol. The van der Waals surface area contributed by atoms with E-state index >= 15 is 8.78 Å². The van der Waals surface area contributed by atoms with E-state index in [1.807, 2.05) is 18.2 Å². The van der Waals surface area contributed by atoms with E-state index in [4.69, 9.17) is 25.8 Å². The van der Waals surface area contributed by atoms with Crippen LogP contribution >= 0.6 is 11.6 Å². The van der Waals surface area contributed by atoms with Crippen LogP contribution in [0.2, 0.25) is 5.02 Å². The molecule has 4 aromatic carbocycles. The van der Waals surface area contributed by atoms with Crippen LogP contribution in [0.1, 0.15) is 95.8 Å². The summed E-state index contributed by atoms with van der Waals surface area (Å²) in [6, 6.07) is 17.6. The number of carbonyl (C=O) groups excluding carboxylic acids is 5. The standard InChI is InChI=1S/C46H47ClF2N4O8/c1-45(2,3)52-44(58)60-25-46(27-14-8-5-9-15-27)23-30-35(61-46)22-32(48)39(47)37(30)38-29(17-19-34(59-4)40(38)49)41(55)50-21-10-6-7-12-26-13-11-16-28-31(26)24-53(43(28)57)33-18-20-36(54)51-42(33)56/h5,8-9,11,13-17,19,22,33H,6-7,10,12,18,20-21,23-25H2,1-4H3,(H,50,55)(H,52,58)(H,51,54,56). The van der Waals surface area contributed by atoms with Crippen molar-refractivity contribution in [3.8, 4) is 22.6 Å². The number of imide groups is 1. The molecule has 3 aliphatic heterocycles. The minimum atomic E-state index is -1.36. The minimum absolute atomic E-state index is 0.0179. The molecule has 3 heterocycles. The summed E-state index contributed by atoms with van der Waals surface area (Å²) in [7, 11) is 1.28. The minimum Gasteiger partial charge on any atom is -0.494 e. The molecule has 1 fully saturated rings. The Morgan fingerprint density at radius 2 is 1.75 bits per heavy atom. The fraction of sp³-hybridized carbons (Fsp3) is 0.370. The first-order valence-corrected chi connectivity index (χ1v) is 20.6. The number of methoxy groups -OCH3 is 1. The molecule has 7 rings (SSSR count). The molecule has 3 N–H and O–H groups in total. The Bertz CT molecular complexity index is 2410. The molecular formula is C46H47ClF2N4O8. The molecule has 0 aromatic heterocycles. The number of aryl methyl sites for hydroxylation is 1. The van der Waals surface area contributed by atoms with Crippen LogP contribution in [0.4, 0.5) is 13.6 Å². The van der Waals surface area contributed by atoms with Gasteiger partial charge in [-0.15, -0.1) is 0 Å². The zero-order valence-electron chi connectivity index (χ0n) is 34.3. The maximum atomic E-state index is 16.6. The van der Waals surface area contributed by atoms with Gasteiger partial charge in [0.1, 0.15) is 24.2 Å². The average molecular weight is 857 g/mol. The van der Waals surface area contributed by atoms with Gasteiger partial charge in [-0.05, 0) is 81.3 Å². The lowest BCUT2D eigenvalue weighted by atomic mass is 9.85. The third kappa shape index (κ3) is 8.90. The van der Waals surface area contributed by atoms with Gasteiger partial charge in [0.05, 0.1) is 17.7 Å². The quantitative estimate of drug-likeness (QED) is 0.0922. The predicted octanol–water partition coefficient (Wildman–Crippen LogP) is 7.55. The maximum Gasteiger partial charge on any atom is 0.407 e. The molecule has 1 saturated heterocycles. The van der Waals surface area contributed by atoms with E-state index in [1.165, 1.54) is 24.1 Å². The highest BCUT2D eigenvalue weighted by atomic mass is 35.5. The lowest BCUT2D eigenvalue weighted by Crippen LogP contribution is -2.52. The van der Waals surface area contributed by atoms with Crippen LogP contribution in [-0.2, 0) is 39.3 Å². The maximum absolute atomic E-state index is 16.6. The lowest BCUT2D eigenvalue weighted by molar-refractivity contribution is -0.136. The highest BCUT2D eigenvalue weighted by Gasteiger charge is 2.46. The van der Waals surface area contributed by atoms with Gasteiger partial charge in [0.2, 0.25) is 11.8 Å². The van der Waals surface area contributed by atoms with Crippen LogP contribution in [0.25, 0.3) is 11.1 Å². The second kappa shape index (κ2) is 17.5. The summed E-state index contributed by atoms with van der Waals surface area (Å²) in [6.45, 7) is 5.66. The summed E-state index contributed by atoms with van der Waals surface area (Å²) < 4.78 is 49.8. The second-order valence-electron chi connectivity index (χ2n) is 16.5. The summed E-state index contributed by atoms with van der Waals surface area (Å²) in [4.78, 5) is 65.7. The monoisotopic (exact) mass is 856 g/mol. The lowest BCUT2D eigenvalue weighted by Gasteiger charge is -2.30. The van der Waals surface area contributed by atoms with E-state index in [2.05, 4.69) is 16.0 Å². The number of benzene rings is 4. The van der Waals surface area contributed by atoms with Gasteiger partial charge < -0.3 is 29.7 Å². The van der Waals surface area contributed by atoms with Gasteiger partial charge in [-0.25, -0.2) is 13.6 Å². The Balaban J connectivity index is 1.06. The molecule has 320 valence electrons. The van der Waals surface area contributed by atoms with E-state index in [0.29, 0.717) is 36.0 Å². The van der Waals surface area contributed by atoms with Crippen LogP contribution in [0.5, 0.6) is 11.5 Å². The number of ether oxygens (including phenoxy) is 3. The van der Waals surface area contributed by atoms with E-state index in [1.54, 1.807) is 51.1 Å². The molecule has 3 aliphatic rings. The Morgan fingerprint density at radius 1 is 0.984 bits per heavy atom. The number of halogens is 3. The molecule has 2 unspecified atom stereocenters. The topological polar surface area (TPSA) is 152 Å². The van der Waals surface area contributed by atoms with Crippen molar-refractivity contribution < 1.29 is 47.0 Å². The number of hydrogen-bond donors (Lipinski definition) is 3. The van der Waals surface area contributed by atoms with Crippen LogP contribution in [0.3, 0.4) is 0 Å². The molecule has 12 nitrogen and oxygen atoms in total. The van der Waals surface area contributed by atoms with Crippen molar-refractivity contribution >= 4 is 41.3 Å². The summed E-state index contributed by atoms with van der Waals surface area (Å²) in [5, 5.41) is 7.53. The van der Waals surface area contributed by atoms with E-state index in [-0.39, 0.29) is 79.0 Å². The van der Waals surface area contributed by atoms with Crippen molar-refractivity contribution in [2.75, 3.05) is 20.3 Å².